The first-order valence-corrected chi connectivity index (χ1v) is 10.8. The van der Waals surface area contributed by atoms with E-state index >= 15 is 0 Å². The Balaban J connectivity index is 1.36. The summed E-state index contributed by atoms with van der Waals surface area (Å²) >= 11 is 6.00. The molecule has 0 saturated carbocycles. The number of amides is 1. The van der Waals surface area contributed by atoms with Crippen molar-refractivity contribution in [2.24, 2.45) is 5.41 Å². The molecule has 2 aliphatic heterocycles. The molecule has 0 bridgehead atoms. The Bertz CT molecular complexity index is 1050. The zero-order valence-corrected chi connectivity index (χ0v) is 18.3. The number of carboxylic acids is 1. The third-order valence-corrected chi connectivity index (χ3v) is 6.49. The summed E-state index contributed by atoms with van der Waals surface area (Å²) < 4.78 is 43.4. The van der Waals surface area contributed by atoms with E-state index in [9.17, 15) is 22.8 Å². The van der Waals surface area contributed by atoms with Crippen LogP contribution in [0.2, 0.25) is 5.02 Å². The van der Waals surface area contributed by atoms with E-state index < -0.39 is 12.3 Å². The second kappa shape index (κ2) is 8.86. The Hall–Kier alpha value is -2.79. The molecular formula is C21H22ClF3N4O4. The Morgan fingerprint density at radius 3 is 2.48 bits per heavy atom. The van der Waals surface area contributed by atoms with Gasteiger partial charge in [-0.25, -0.2) is 9.59 Å². The van der Waals surface area contributed by atoms with E-state index in [1.165, 1.54) is 30.5 Å². The van der Waals surface area contributed by atoms with Crippen LogP contribution in [0.3, 0.4) is 0 Å². The number of ether oxygens (including phenoxy) is 1. The fraction of sp³-hybridized carbons (Fsp3) is 0.476. The number of rotatable bonds is 4. The Morgan fingerprint density at radius 1 is 1.15 bits per heavy atom. The molecule has 1 N–H and O–H groups in total. The topological polar surface area (TPSA) is 87.9 Å². The number of carboxylic acid groups (broad SMARTS) is 1. The summed E-state index contributed by atoms with van der Waals surface area (Å²) in [6, 6.07) is 4.98. The minimum absolute atomic E-state index is 0.0310. The van der Waals surface area contributed by atoms with Crippen molar-refractivity contribution in [2.45, 2.75) is 32.2 Å². The highest BCUT2D eigenvalue weighted by molar-refractivity contribution is 6.30. The molecule has 2 saturated heterocycles. The summed E-state index contributed by atoms with van der Waals surface area (Å²) in [6.45, 7) is 2.68. The number of aromatic nitrogens is 2. The van der Waals surface area contributed by atoms with Crippen molar-refractivity contribution in [3.63, 3.8) is 0 Å². The quantitative estimate of drug-likeness (QED) is 0.700. The van der Waals surface area contributed by atoms with E-state index in [-0.39, 0.29) is 29.4 Å². The molecule has 8 nitrogen and oxygen atoms in total. The Kier molecular flexibility index (Phi) is 6.28. The Morgan fingerprint density at radius 2 is 1.85 bits per heavy atom. The number of carbonyl (C=O) groups excluding carboxylic acids is 1. The van der Waals surface area contributed by atoms with Crippen molar-refractivity contribution in [3.8, 4) is 5.75 Å². The molecular weight excluding hydrogens is 465 g/mol. The highest BCUT2D eigenvalue weighted by atomic mass is 35.5. The summed E-state index contributed by atoms with van der Waals surface area (Å²) in [5.74, 6) is -1.46. The standard InChI is InChI=1S/C21H22ClF3N4O4/c22-15-1-2-17(33-21(23,24)25)14(11-15)12-27-8-4-20(13-27)5-9-28(10-6-20)19(32)29-7-3-16(26-29)18(30)31/h1-3,7,11H,4-6,8-10,12-13H2,(H,30,31). The highest BCUT2D eigenvalue weighted by Crippen LogP contribution is 2.41. The minimum atomic E-state index is -4.78. The van der Waals surface area contributed by atoms with Crippen LogP contribution in [0, 0.1) is 5.41 Å². The minimum Gasteiger partial charge on any atom is -0.476 e. The molecule has 0 aliphatic carbocycles. The monoisotopic (exact) mass is 486 g/mol. The molecule has 3 heterocycles. The van der Waals surface area contributed by atoms with Crippen molar-refractivity contribution in [1.29, 1.82) is 0 Å². The van der Waals surface area contributed by atoms with Gasteiger partial charge in [0.15, 0.2) is 5.69 Å². The maximum absolute atomic E-state index is 12.8. The second-order valence-electron chi connectivity index (χ2n) is 8.48. The number of aromatic carboxylic acids is 1. The molecule has 1 aromatic carbocycles. The molecule has 1 spiro atoms. The lowest BCUT2D eigenvalue weighted by Gasteiger charge is -2.39. The average molecular weight is 487 g/mol. The van der Waals surface area contributed by atoms with Crippen LogP contribution in [0.25, 0.3) is 0 Å². The molecule has 0 unspecified atom stereocenters. The highest BCUT2D eigenvalue weighted by Gasteiger charge is 2.42. The summed E-state index contributed by atoms with van der Waals surface area (Å²) in [5.41, 5.74) is 0.145. The predicted octanol–water partition coefficient (Wildman–Crippen LogP) is 4.09. The van der Waals surface area contributed by atoms with Crippen molar-refractivity contribution in [2.75, 3.05) is 26.2 Å². The first-order valence-electron chi connectivity index (χ1n) is 10.4. The first kappa shape index (κ1) is 23.4. The van der Waals surface area contributed by atoms with Gasteiger partial charge in [-0.2, -0.15) is 9.78 Å². The number of carbonyl (C=O) groups is 2. The van der Waals surface area contributed by atoms with E-state index in [4.69, 9.17) is 16.7 Å². The van der Waals surface area contributed by atoms with Crippen LogP contribution in [0.15, 0.2) is 30.5 Å². The lowest BCUT2D eigenvalue weighted by Crippen LogP contribution is -2.45. The molecule has 33 heavy (non-hydrogen) atoms. The number of hydrogen-bond acceptors (Lipinski definition) is 5. The van der Waals surface area contributed by atoms with Crippen LogP contribution in [-0.2, 0) is 6.54 Å². The van der Waals surface area contributed by atoms with Crippen LogP contribution < -0.4 is 4.74 Å². The maximum atomic E-state index is 12.8. The summed E-state index contributed by atoms with van der Waals surface area (Å²) in [5, 5.41) is 13.1. The maximum Gasteiger partial charge on any atom is 0.573 e. The molecule has 2 aromatic rings. The van der Waals surface area contributed by atoms with Gasteiger partial charge in [0, 0.05) is 43.0 Å². The van der Waals surface area contributed by atoms with Crippen molar-refractivity contribution >= 4 is 23.6 Å². The summed E-state index contributed by atoms with van der Waals surface area (Å²) in [4.78, 5) is 27.3. The van der Waals surface area contributed by atoms with Crippen LogP contribution in [-0.4, -0.2) is 69.2 Å². The number of halogens is 4. The molecule has 4 rings (SSSR count). The van der Waals surface area contributed by atoms with Crippen LogP contribution in [0.1, 0.15) is 35.3 Å². The van der Waals surface area contributed by atoms with E-state index in [0.29, 0.717) is 36.8 Å². The number of likely N-dealkylation sites (tertiary alicyclic amines) is 2. The largest absolute Gasteiger partial charge is 0.573 e. The Labute approximate surface area is 192 Å². The smallest absolute Gasteiger partial charge is 0.476 e. The van der Waals surface area contributed by atoms with Gasteiger partial charge in [0.25, 0.3) is 0 Å². The van der Waals surface area contributed by atoms with Gasteiger partial charge in [-0.15, -0.1) is 13.2 Å². The SMILES string of the molecule is O=C(O)c1ccn(C(=O)N2CCC3(CCN(Cc4cc(Cl)ccc4OC(F)(F)F)C3)CC2)n1. The molecule has 0 atom stereocenters. The van der Waals surface area contributed by atoms with Gasteiger partial charge < -0.3 is 14.7 Å². The third kappa shape index (κ3) is 5.41. The number of alkyl halides is 3. The van der Waals surface area contributed by atoms with Gasteiger partial charge in [-0.1, -0.05) is 11.6 Å². The van der Waals surface area contributed by atoms with E-state index in [1.54, 1.807) is 4.90 Å². The fourth-order valence-electron chi connectivity index (χ4n) is 4.57. The number of piperidine rings is 1. The third-order valence-electron chi connectivity index (χ3n) is 6.26. The van der Waals surface area contributed by atoms with Crippen molar-refractivity contribution in [1.82, 2.24) is 19.6 Å². The average Bonchev–Trinajstić information content (AvgIpc) is 3.38. The molecule has 2 aliphatic rings. The normalized spacial score (nSPS) is 18.6. The van der Waals surface area contributed by atoms with Gasteiger partial charge in [-0.3, -0.25) is 4.90 Å². The predicted molar refractivity (Wildman–Crippen MR) is 111 cm³/mol. The van der Waals surface area contributed by atoms with Gasteiger partial charge in [-0.05, 0) is 55.5 Å². The van der Waals surface area contributed by atoms with E-state index in [2.05, 4.69) is 14.7 Å². The van der Waals surface area contributed by atoms with Crippen LogP contribution in [0.5, 0.6) is 5.75 Å². The van der Waals surface area contributed by atoms with Gasteiger partial charge in [0.05, 0.1) is 0 Å². The molecule has 178 valence electrons. The fourth-order valence-corrected chi connectivity index (χ4v) is 4.76. The first-order chi connectivity index (χ1) is 15.5. The molecule has 2 fully saturated rings. The second-order valence-corrected chi connectivity index (χ2v) is 8.92. The lowest BCUT2D eigenvalue weighted by molar-refractivity contribution is -0.275. The summed E-state index contributed by atoms with van der Waals surface area (Å²) in [6.07, 6.45) is -1.10. The molecule has 12 heteroatoms. The van der Waals surface area contributed by atoms with E-state index in [0.717, 1.165) is 23.9 Å². The van der Waals surface area contributed by atoms with Crippen LogP contribution in [0.4, 0.5) is 18.0 Å². The van der Waals surface area contributed by atoms with Gasteiger partial charge in [0.2, 0.25) is 0 Å². The van der Waals surface area contributed by atoms with Crippen LogP contribution >= 0.6 is 11.6 Å². The van der Waals surface area contributed by atoms with E-state index in [1.807, 2.05) is 0 Å². The van der Waals surface area contributed by atoms with Gasteiger partial charge in [0.1, 0.15) is 5.75 Å². The zero-order chi connectivity index (χ0) is 23.8. The molecule has 1 amide bonds. The van der Waals surface area contributed by atoms with Crippen molar-refractivity contribution in [3.05, 3.63) is 46.7 Å². The molecule has 0 radical (unpaired) electrons. The zero-order valence-electron chi connectivity index (χ0n) is 17.5. The summed E-state index contributed by atoms with van der Waals surface area (Å²) in [7, 11) is 0. The molecule has 1 aromatic heterocycles. The van der Waals surface area contributed by atoms with Crippen molar-refractivity contribution < 1.29 is 32.6 Å². The number of benzene rings is 1. The van der Waals surface area contributed by atoms with Gasteiger partial charge >= 0.3 is 18.4 Å². The number of hydrogen-bond donors (Lipinski definition) is 1. The lowest BCUT2D eigenvalue weighted by atomic mass is 9.78. The number of nitrogens with zero attached hydrogens (tertiary/aromatic N) is 4.